The van der Waals surface area contributed by atoms with Gasteiger partial charge in [-0.05, 0) is 41.7 Å². The summed E-state index contributed by atoms with van der Waals surface area (Å²) >= 11 is 0. The van der Waals surface area contributed by atoms with Gasteiger partial charge in [-0.3, -0.25) is 0 Å². The molecular formula is C21H16O2. The van der Waals surface area contributed by atoms with Crippen molar-refractivity contribution in [2.24, 2.45) is 0 Å². The fraction of sp³-hybridized carbons (Fsp3) is 0.190. The molecule has 0 saturated carbocycles. The Bertz CT molecular complexity index is 986. The minimum absolute atomic E-state index is 0.189. The van der Waals surface area contributed by atoms with Crippen LogP contribution in [0.3, 0.4) is 0 Å². The normalized spacial score (nSPS) is 21.5. The van der Waals surface area contributed by atoms with Gasteiger partial charge in [0.2, 0.25) is 0 Å². The largest absolute Gasteiger partial charge is 0.446 e. The Labute approximate surface area is 134 Å². The number of rotatable bonds is 0. The fourth-order valence-electron chi connectivity index (χ4n) is 4.33. The highest BCUT2D eigenvalue weighted by atomic mass is 16.6. The summed E-state index contributed by atoms with van der Waals surface area (Å²) < 4.78 is 6.03. The van der Waals surface area contributed by atoms with Crippen LogP contribution in [0.15, 0.2) is 54.6 Å². The molecule has 1 aliphatic carbocycles. The Kier molecular flexibility index (Phi) is 2.37. The molecule has 0 radical (unpaired) electrons. The maximum atomic E-state index is 12.7. The van der Waals surface area contributed by atoms with Gasteiger partial charge in [-0.2, -0.15) is 0 Å². The van der Waals surface area contributed by atoms with Crippen LogP contribution in [0.4, 0.5) is 0 Å². The summed E-state index contributed by atoms with van der Waals surface area (Å²) in [5, 5.41) is 2.08. The van der Waals surface area contributed by atoms with Crippen LogP contribution in [-0.2, 0) is 16.8 Å². The van der Waals surface area contributed by atoms with E-state index in [0.29, 0.717) is 0 Å². The third-order valence-electron chi connectivity index (χ3n) is 5.41. The van der Waals surface area contributed by atoms with Gasteiger partial charge in [0.25, 0.3) is 0 Å². The molecule has 3 aromatic carbocycles. The molecule has 0 unspecified atom stereocenters. The van der Waals surface area contributed by atoms with Gasteiger partial charge in [-0.25, -0.2) is 4.79 Å². The molecule has 0 fully saturated rings. The molecular weight excluding hydrogens is 284 g/mol. The summed E-state index contributed by atoms with van der Waals surface area (Å²) in [6, 6.07) is 18.5. The zero-order chi connectivity index (χ0) is 15.6. The van der Waals surface area contributed by atoms with Gasteiger partial charge in [0.05, 0.1) is 5.56 Å². The maximum absolute atomic E-state index is 12.7. The van der Waals surface area contributed by atoms with Crippen molar-refractivity contribution in [3.63, 3.8) is 0 Å². The molecule has 3 aromatic rings. The third kappa shape index (κ3) is 1.51. The van der Waals surface area contributed by atoms with E-state index in [9.17, 15) is 4.79 Å². The summed E-state index contributed by atoms with van der Waals surface area (Å²) in [6.07, 6.45) is 1.80. The van der Waals surface area contributed by atoms with Crippen molar-refractivity contribution in [2.45, 2.75) is 25.4 Å². The minimum atomic E-state index is -0.586. The number of esters is 1. The summed E-state index contributed by atoms with van der Waals surface area (Å²) in [7, 11) is 0. The van der Waals surface area contributed by atoms with Crippen LogP contribution in [0.25, 0.3) is 10.8 Å². The van der Waals surface area contributed by atoms with Crippen LogP contribution in [0.1, 0.15) is 39.0 Å². The number of carbonyl (C=O) groups is 1. The molecule has 5 rings (SSSR count). The second kappa shape index (κ2) is 4.23. The Morgan fingerprint density at radius 2 is 1.83 bits per heavy atom. The number of hydrogen-bond donors (Lipinski definition) is 0. The van der Waals surface area contributed by atoms with Gasteiger partial charge in [0.1, 0.15) is 0 Å². The van der Waals surface area contributed by atoms with Crippen LogP contribution >= 0.6 is 0 Å². The number of hydrogen-bond acceptors (Lipinski definition) is 2. The topological polar surface area (TPSA) is 26.3 Å². The standard InChI is InChI=1S/C21H16O2/c1-13-5-4-8-17-15(13)11-12-21(17)18-10-9-14-6-2-3-7-16(14)19(18)20(22)23-21/h2-10H,11-12H2,1H3/t21-/m1/s1. The molecule has 0 amide bonds. The van der Waals surface area contributed by atoms with Gasteiger partial charge in [0.15, 0.2) is 5.60 Å². The Balaban J connectivity index is 1.85. The molecule has 112 valence electrons. The highest BCUT2D eigenvalue weighted by Crippen LogP contribution is 2.52. The number of benzene rings is 3. The molecule has 1 heterocycles. The van der Waals surface area contributed by atoms with E-state index < -0.39 is 5.60 Å². The first-order chi connectivity index (χ1) is 11.2. The first-order valence-corrected chi connectivity index (χ1v) is 8.05. The zero-order valence-corrected chi connectivity index (χ0v) is 12.9. The van der Waals surface area contributed by atoms with E-state index in [0.717, 1.165) is 34.7 Å². The Hall–Kier alpha value is -2.61. The summed E-state index contributed by atoms with van der Waals surface area (Å²) in [6.45, 7) is 2.13. The molecule has 0 aromatic heterocycles. The monoisotopic (exact) mass is 300 g/mol. The van der Waals surface area contributed by atoms with E-state index in [1.165, 1.54) is 16.7 Å². The Morgan fingerprint density at radius 1 is 0.957 bits per heavy atom. The van der Waals surface area contributed by atoms with Crippen molar-refractivity contribution < 1.29 is 9.53 Å². The van der Waals surface area contributed by atoms with Crippen molar-refractivity contribution in [1.82, 2.24) is 0 Å². The predicted octanol–water partition coefficient (Wildman–Crippen LogP) is 4.51. The van der Waals surface area contributed by atoms with Crippen molar-refractivity contribution in [3.8, 4) is 0 Å². The summed E-state index contributed by atoms with van der Waals surface area (Å²) in [5.41, 5.74) is 4.98. The zero-order valence-electron chi connectivity index (χ0n) is 12.9. The van der Waals surface area contributed by atoms with E-state index in [4.69, 9.17) is 4.74 Å². The van der Waals surface area contributed by atoms with E-state index in [1.807, 2.05) is 24.3 Å². The van der Waals surface area contributed by atoms with Crippen molar-refractivity contribution in [2.75, 3.05) is 0 Å². The van der Waals surface area contributed by atoms with Crippen LogP contribution in [0.5, 0.6) is 0 Å². The molecule has 0 bridgehead atoms. The van der Waals surface area contributed by atoms with Crippen LogP contribution < -0.4 is 0 Å². The van der Waals surface area contributed by atoms with E-state index in [2.05, 4.69) is 37.3 Å². The van der Waals surface area contributed by atoms with Gasteiger partial charge in [-0.15, -0.1) is 0 Å². The number of ether oxygens (including phenoxy) is 1. The van der Waals surface area contributed by atoms with E-state index >= 15 is 0 Å². The van der Waals surface area contributed by atoms with Gasteiger partial charge >= 0.3 is 5.97 Å². The SMILES string of the molecule is Cc1cccc2c1CC[C@@]21OC(=O)c2c1ccc1ccccc21. The van der Waals surface area contributed by atoms with Crippen molar-refractivity contribution >= 4 is 16.7 Å². The lowest BCUT2D eigenvalue weighted by Gasteiger charge is -2.25. The quantitative estimate of drug-likeness (QED) is 0.571. The van der Waals surface area contributed by atoms with Crippen LogP contribution in [0.2, 0.25) is 0 Å². The summed E-state index contributed by atoms with van der Waals surface area (Å²) in [5.74, 6) is -0.189. The summed E-state index contributed by atoms with van der Waals surface area (Å²) in [4.78, 5) is 12.7. The average molecular weight is 300 g/mol. The number of fused-ring (bicyclic) bond motifs is 6. The van der Waals surface area contributed by atoms with E-state index in [-0.39, 0.29) is 5.97 Å². The highest BCUT2D eigenvalue weighted by Gasteiger charge is 2.51. The molecule has 2 nitrogen and oxygen atoms in total. The number of aryl methyl sites for hydroxylation is 1. The van der Waals surface area contributed by atoms with E-state index in [1.54, 1.807) is 0 Å². The van der Waals surface area contributed by atoms with Crippen LogP contribution in [-0.4, -0.2) is 5.97 Å². The first kappa shape index (κ1) is 12.9. The van der Waals surface area contributed by atoms with Crippen molar-refractivity contribution in [3.05, 3.63) is 82.4 Å². The fourth-order valence-corrected chi connectivity index (χ4v) is 4.33. The van der Waals surface area contributed by atoms with Crippen LogP contribution in [0, 0.1) is 6.92 Å². The lowest BCUT2D eigenvalue weighted by Crippen LogP contribution is -2.24. The second-order valence-corrected chi connectivity index (χ2v) is 6.53. The molecule has 23 heavy (non-hydrogen) atoms. The average Bonchev–Trinajstić information content (AvgIpc) is 3.08. The third-order valence-corrected chi connectivity index (χ3v) is 5.41. The highest BCUT2D eigenvalue weighted by molar-refractivity contribution is 6.08. The second-order valence-electron chi connectivity index (χ2n) is 6.53. The van der Waals surface area contributed by atoms with Gasteiger partial charge in [-0.1, -0.05) is 54.6 Å². The van der Waals surface area contributed by atoms with Gasteiger partial charge < -0.3 is 4.74 Å². The molecule has 1 aliphatic heterocycles. The Morgan fingerprint density at radius 3 is 2.74 bits per heavy atom. The maximum Gasteiger partial charge on any atom is 0.340 e. The van der Waals surface area contributed by atoms with Gasteiger partial charge in [0, 0.05) is 11.1 Å². The first-order valence-electron chi connectivity index (χ1n) is 8.05. The number of carbonyl (C=O) groups excluding carboxylic acids is 1. The lowest BCUT2D eigenvalue weighted by atomic mass is 9.85. The minimum Gasteiger partial charge on any atom is -0.446 e. The molecule has 1 atom stereocenters. The molecule has 2 heteroatoms. The predicted molar refractivity (Wildman–Crippen MR) is 89.6 cm³/mol. The molecule has 2 aliphatic rings. The molecule has 1 spiro atoms. The smallest absolute Gasteiger partial charge is 0.340 e. The molecule has 0 saturated heterocycles. The van der Waals surface area contributed by atoms with Crippen molar-refractivity contribution in [1.29, 1.82) is 0 Å². The lowest BCUT2D eigenvalue weighted by molar-refractivity contribution is 0.0116. The molecule has 0 N–H and O–H groups in total.